The Morgan fingerprint density at radius 2 is 1.68 bits per heavy atom. The van der Waals surface area contributed by atoms with E-state index >= 15 is 0 Å². The molecule has 4 aromatic rings. The van der Waals surface area contributed by atoms with Crippen molar-refractivity contribution in [3.63, 3.8) is 0 Å². The molecule has 0 spiro atoms. The molecule has 47 heavy (non-hydrogen) atoms. The van der Waals surface area contributed by atoms with Crippen LogP contribution in [0.1, 0.15) is 61.0 Å². The van der Waals surface area contributed by atoms with Crippen molar-refractivity contribution in [2.24, 2.45) is 11.8 Å². The van der Waals surface area contributed by atoms with Gasteiger partial charge in [-0.25, -0.2) is 9.78 Å². The van der Waals surface area contributed by atoms with E-state index in [2.05, 4.69) is 31.2 Å². The first-order valence-corrected chi connectivity index (χ1v) is 16.1. The van der Waals surface area contributed by atoms with Gasteiger partial charge in [-0.1, -0.05) is 30.3 Å². The Balaban J connectivity index is 1.29. The summed E-state index contributed by atoms with van der Waals surface area (Å²) in [6, 6.07) is 18.2. The molecule has 1 saturated carbocycles. The standard InChI is InChI=1S/C36H42N6O5/c1-21(2)40-34(44)27-12-14-29(22(3)16-27)25-8-4-23(5-9-25)17-32(35(45)41-28-13-15-30-31(18-28)39-20-38-30)42-33(43)26-10-6-24(7-11-26)19-37-36(46)47/h4-5,8-9,12-16,18,20-21,24,26,32,37H,6-7,10-11,17,19H2,1-3H3,(H,38,39)(H,40,44)(H,41,45)(H,42,43)(H,46,47)/t24?,26?,32-/m0/s1. The van der Waals surface area contributed by atoms with Crippen LogP contribution in [0.4, 0.5) is 10.5 Å². The molecule has 0 saturated heterocycles. The fourth-order valence-electron chi connectivity index (χ4n) is 6.13. The Morgan fingerprint density at radius 3 is 2.36 bits per heavy atom. The zero-order valence-corrected chi connectivity index (χ0v) is 26.9. The van der Waals surface area contributed by atoms with E-state index < -0.39 is 12.1 Å². The smallest absolute Gasteiger partial charge is 0.404 e. The number of nitrogens with zero attached hydrogens (tertiary/aromatic N) is 1. The monoisotopic (exact) mass is 638 g/mol. The van der Waals surface area contributed by atoms with Gasteiger partial charge in [0.15, 0.2) is 0 Å². The molecule has 11 heteroatoms. The third kappa shape index (κ3) is 8.75. The number of aryl methyl sites for hydroxylation is 1. The highest BCUT2D eigenvalue weighted by molar-refractivity contribution is 5.99. The summed E-state index contributed by atoms with van der Waals surface area (Å²) in [5.41, 5.74) is 6.61. The largest absolute Gasteiger partial charge is 0.465 e. The first-order chi connectivity index (χ1) is 22.5. The molecule has 0 radical (unpaired) electrons. The second-order valence-electron chi connectivity index (χ2n) is 12.6. The Bertz CT molecular complexity index is 1740. The van der Waals surface area contributed by atoms with Gasteiger partial charge in [0.1, 0.15) is 6.04 Å². The number of hydrogen-bond donors (Lipinski definition) is 6. The Morgan fingerprint density at radius 1 is 0.936 bits per heavy atom. The minimum atomic E-state index is -1.04. The van der Waals surface area contributed by atoms with E-state index in [9.17, 15) is 19.2 Å². The van der Waals surface area contributed by atoms with Crippen LogP contribution < -0.4 is 21.3 Å². The number of benzene rings is 3. The number of fused-ring (bicyclic) bond motifs is 1. The van der Waals surface area contributed by atoms with Crippen LogP contribution in [0.5, 0.6) is 0 Å². The molecule has 0 bridgehead atoms. The van der Waals surface area contributed by atoms with E-state index in [4.69, 9.17) is 5.11 Å². The van der Waals surface area contributed by atoms with Gasteiger partial charge in [-0.3, -0.25) is 14.4 Å². The number of amides is 4. The molecule has 5 rings (SSSR count). The van der Waals surface area contributed by atoms with E-state index in [1.807, 2.05) is 69.3 Å². The number of imidazole rings is 1. The zero-order chi connectivity index (χ0) is 33.5. The molecule has 0 unspecified atom stereocenters. The van der Waals surface area contributed by atoms with Gasteiger partial charge in [-0.05, 0) is 105 Å². The summed E-state index contributed by atoms with van der Waals surface area (Å²) in [7, 11) is 0. The highest BCUT2D eigenvalue weighted by Crippen LogP contribution is 2.29. The number of nitrogens with one attached hydrogen (secondary N) is 5. The number of hydrogen-bond acceptors (Lipinski definition) is 5. The van der Waals surface area contributed by atoms with Crippen molar-refractivity contribution >= 4 is 40.5 Å². The topological polar surface area (TPSA) is 165 Å². The van der Waals surface area contributed by atoms with Crippen LogP contribution in [0.15, 0.2) is 67.0 Å². The van der Waals surface area contributed by atoms with Crippen LogP contribution in [0.3, 0.4) is 0 Å². The van der Waals surface area contributed by atoms with Crippen LogP contribution in [0.2, 0.25) is 0 Å². The van der Waals surface area contributed by atoms with Crippen LogP contribution in [-0.2, 0) is 16.0 Å². The van der Waals surface area contributed by atoms with Crippen LogP contribution in [0.25, 0.3) is 22.2 Å². The molecular formula is C36H42N6O5. The number of carbonyl (C=O) groups is 4. The van der Waals surface area contributed by atoms with E-state index in [-0.39, 0.29) is 42.0 Å². The normalized spacial score (nSPS) is 16.8. The lowest BCUT2D eigenvalue weighted by molar-refractivity contribution is -0.130. The number of aromatic amines is 1. The van der Waals surface area contributed by atoms with Crippen molar-refractivity contribution in [1.82, 2.24) is 25.9 Å². The average molecular weight is 639 g/mol. The van der Waals surface area contributed by atoms with Crippen LogP contribution >= 0.6 is 0 Å². The fourth-order valence-corrected chi connectivity index (χ4v) is 6.13. The quantitative estimate of drug-likeness (QED) is 0.128. The number of carbonyl (C=O) groups excluding carboxylic acids is 3. The number of anilines is 1. The molecule has 246 valence electrons. The summed E-state index contributed by atoms with van der Waals surface area (Å²) >= 11 is 0. The number of aromatic nitrogens is 2. The number of rotatable bonds is 11. The second kappa shape index (κ2) is 14.9. The van der Waals surface area contributed by atoms with E-state index in [0.29, 0.717) is 30.6 Å². The minimum Gasteiger partial charge on any atom is -0.465 e. The SMILES string of the molecule is Cc1cc(C(=O)NC(C)C)ccc1-c1ccc(C[C@H](NC(=O)C2CCC(CNC(=O)O)CC2)C(=O)Nc2ccc3nc[nH]c3c2)cc1. The maximum atomic E-state index is 13.6. The summed E-state index contributed by atoms with van der Waals surface area (Å²) < 4.78 is 0. The molecular weight excluding hydrogens is 596 g/mol. The predicted molar refractivity (Wildman–Crippen MR) is 181 cm³/mol. The molecule has 3 aromatic carbocycles. The lowest BCUT2D eigenvalue weighted by Gasteiger charge is -2.29. The van der Waals surface area contributed by atoms with Gasteiger partial charge < -0.3 is 31.4 Å². The van der Waals surface area contributed by atoms with Crippen LogP contribution in [0, 0.1) is 18.8 Å². The minimum absolute atomic E-state index is 0.0498. The van der Waals surface area contributed by atoms with Gasteiger partial charge >= 0.3 is 6.09 Å². The van der Waals surface area contributed by atoms with Gasteiger partial charge in [-0.15, -0.1) is 0 Å². The molecule has 11 nitrogen and oxygen atoms in total. The molecule has 1 atom stereocenters. The lowest BCUT2D eigenvalue weighted by Crippen LogP contribution is -2.48. The molecule has 1 heterocycles. The Labute approximate surface area is 273 Å². The highest BCUT2D eigenvalue weighted by Gasteiger charge is 2.30. The molecule has 6 N–H and O–H groups in total. The molecule has 1 fully saturated rings. The Kier molecular flexibility index (Phi) is 10.5. The van der Waals surface area contributed by atoms with E-state index in [1.54, 1.807) is 18.5 Å². The first kappa shape index (κ1) is 33.2. The van der Waals surface area contributed by atoms with Crippen molar-refractivity contribution in [3.8, 4) is 11.1 Å². The molecule has 1 aromatic heterocycles. The van der Waals surface area contributed by atoms with Gasteiger partial charge in [-0.2, -0.15) is 0 Å². The maximum absolute atomic E-state index is 13.6. The number of carboxylic acid groups (broad SMARTS) is 1. The summed E-state index contributed by atoms with van der Waals surface area (Å²) in [4.78, 5) is 57.7. The second-order valence-corrected chi connectivity index (χ2v) is 12.6. The summed E-state index contributed by atoms with van der Waals surface area (Å²) in [6.45, 7) is 6.20. The third-order valence-corrected chi connectivity index (χ3v) is 8.69. The molecule has 0 aliphatic heterocycles. The van der Waals surface area contributed by atoms with Crippen molar-refractivity contribution in [2.75, 3.05) is 11.9 Å². The van der Waals surface area contributed by atoms with Gasteiger partial charge in [0.2, 0.25) is 11.8 Å². The maximum Gasteiger partial charge on any atom is 0.404 e. The van der Waals surface area contributed by atoms with Gasteiger partial charge in [0.25, 0.3) is 5.91 Å². The van der Waals surface area contributed by atoms with Crippen LogP contribution in [-0.4, -0.2) is 57.5 Å². The zero-order valence-electron chi connectivity index (χ0n) is 26.9. The molecule has 1 aliphatic carbocycles. The summed E-state index contributed by atoms with van der Waals surface area (Å²) in [6.07, 6.45) is 3.58. The third-order valence-electron chi connectivity index (χ3n) is 8.69. The average Bonchev–Trinajstić information content (AvgIpc) is 3.52. The number of H-pyrrole nitrogens is 1. The Hall–Kier alpha value is -5.19. The van der Waals surface area contributed by atoms with Crippen molar-refractivity contribution in [1.29, 1.82) is 0 Å². The summed E-state index contributed by atoms with van der Waals surface area (Å²) in [5.74, 6) is -0.658. The predicted octanol–water partition coefficient (Wildman–Crippen LogP) is 5.42. The van der Waals surface area contributed by atoms with E-state index in [1.165, 1.54) is 0 Å². The van der Waals surface area contributed by atoms with E-state index in [0.717, 1.165) is 46.1 Å². The lowest BCUT2D eigenvalue weighted by atomic mass is 9.81. The van der Waals surface area contributed by atoms with Crippen molar-refractivity contribution < 1.29 is 24.3 Å². The fraction of sp³-hybridized carbons (Fsp3) is 0.361. The first-order valence-electron chi connectivity index (χ1n) is 16.1. The molecule has 4 amide bonds. The summed E-state index contributed by atoms with van der Waals surface area (Å²) in [5, 5.41) is 20.2. The van der Waals surface area contributed by atoms with Gasteiger partial charge in [0, 0.05) is 36.2 Å². The van der Waals surface area contributed by atoms with Gasteiger partial charge in [0.05, 0.1) is 17.4 Å². The van der Waals surface area contributed by atoms with Crippen molar-refractivity contribution in [2.45, 2.75) is 65.0 Å². The highest BCUT2D eigenvalue weighted by atomic mass is 16.4. The molecule has 1 aliphatic rings. The van der Waals surface area contributed by atoms with Crippen molar-refractivity contribution in [3.05, 3.63) is 83.7 Å².